The highest BCUT2D eigenvalue weighted by Crippen LogP contribution is 2.30. The minimum absolute atomic E-state index is 0.0874. The molecule has 0 saturated carbocycles. The van der Waals surface area contributed by atoms with E-state index in [0.29, 0.717) is 121 Å². The molecule has 0 bridgehead atoms. The summed E-state index contributed by atoms with van der Waals surface area (Å²) in [5.74, 6) is 4.19. The first-order valence-corrected chi connectivity index (χ1v) is 46.7. The third-order valence-electron chi connectivity index (χ3n) is 20.0. The van der Waals surface area contributed by atoms with Crippen LogP contribution in [-0.4, -0.2) is 169 Å². The number of hydrogen-bond donors (Lipinski definition) is 7. The average Bonchev–Trinajstić information content (AvgIpc) is 1.62. The summed E-state index contributed by atoms with van der Waals surface area (Å²) in [6, 6.07) is 20.1. The van der Waals surface area contributed by atoms with Crippen LogP contribution < -0.4 is 29.2 Å². The van der Waals surface area contributed by atoms with E-state index in [2.05, 4.69) is 104 Å². The van der Waals surface area contributed by atoms with Crippen LogP contribution in [0, 0.1) is 34.6 Å². The number of phenolic OH excluding ortho intramolecular Hbond substituents is 1. The Kier molecular flexibility index (Phi) is 38.3. The van der Waals surface area contributed by atoms with Crippen molar-refractivity contribution in [2.24, 2.45) is 0 Å². The summed E-state index contributed by atoms with van der Waals surface area (Å²) in [6.07, 6.45) is 26.0. The van der Waals surface area contributed by atoms with Crippen molar-refractivity contribution in [2.75, 3.05) is 42.3 Å². The summed E-state index contributed by atoms with van der Waals surface area (Å²) < 4.78 is 76.6. The predicted octanol–water partition coefficient (Wildman–Crippen LogP) is 17.0. The standard InChI is InChI=1S/C34H46ClN5O5S.C33H51ClN6O4S.C7H9ClN4O2S.C6H7ClN4.C2H4/c1-4-5-6-7-8-9-10-11-12-13-14-30(34(42)36-24(2)23-31-37-33-32(35)25(3)38-40(33)39-31)44-27-17-19-28(20-18-27)45-46(43)29-21-15-26(41)16-22-29;1-5-6-7-8-9-10-11-12-13-14-15-28(44-27-18-16-26(17-19-27)39-20-22-45(42,43)23-21-39)31(41)35-24-33(3,4)32-37-36-30-29(34)25(2)38-40(30)32;1-4-6(8)7-10-9-5(12(7)11-4)3-14-15(2)13;1-3-5(7)6-9-8-4(2)11(6)10-3;1-2/h15-22,24,30,38,41H,4-14,23H2,1-3H3,(H,36,42);16-19,28,38H,5-15,20-24H2,1-4H3,(H,35,41);11H,3H2,1-2H3;10H,1-2H3;1-2H2. The van der Waals surface area contributed by atoms with Gasteiger partial charge in [-0.2, -0.15) is 4.63 Å². The molecule has 0 aliphatic carbocycles. The largest absolute Gasteiger partial charge is 0.508 e. The number of ether oxygens (including phenoxy) is 2. The maximum absolute atomic E-state index is 13.6. The van der Waals surface area contributed by atoms with E-state index >= 15 is 0 Å². The average molecular weight is 1780 g/mol. The first-order valence-electron chi connectivity index (χ1n) is 40.8. The highest BCUT2D eigenvalue weighted by molar-refractivity contribution is 7.91. The van der Waals surface area contributed by atoms with Gasteiger partial charge in [0.25, 0.3) is 11.8 Å². The molecule has 12 rings (SSSR count). The molecule has 7 N–H and O–H groups in total. The quantitative estimate of drug-likeness (QED) is 0.0138. The van der Waals surface area contributed by atoms with E-state index in [1.165, 1.54) is 108 Å². The number of amides is 2. The normalized spacial score (nSPS) is 13.9. The number of nitrogens with zero attached hydrogens (tertiary/aromatic N) is 13. The van der Waals surface area contributed by atoms with Crippen LogP contribution >= 0.6 is 46.4 Å². The lowest BCUT2D eigenvalue weighted by molar-refractivity contribution is -0.129. The molecule has 2 amide bonds. The van der Waals surface area contributed by atoms with E-state index in [9.17, 15) is 31.5 Å². The molecule has 1 aliphatic heterocycles. The summed E-state index contributed by atoms with van der Waals surface area (Å²) in [6.45, 7) is 27.2. The Morgan fingerprint density at radius 3 is 1.55 bits per heavy atom. The minimum Gasteiger partial charge on any atom is -0.508 e. The van der Waals surface area contributed by atoms with E-state index in [-0.39, 0.29) is 41.7 Å². The van der Waals surface area contributed by atoms with Crippen LogP contribution in [0.25, 0.3) is 22.6 Å². The lowest BCUT2D eigenvalue weighted by atomic mass is 9.92. The van der Waals surface area contributed by atoms with Gasteiger partial charge in [-0.3, -0.25) is 34.2 Å². The van der Waals surface area contributed by atoms with E-state index in [1.807, 2.05) is 79.7 Å². The maximum Gasteiger partial charge on any atom is 0.261 e. The number of phenols is 1. The van der Waals surface area contributed by atoms with Crippen molar-refractivity contribution in [2.45, 2.75) is 252 Å². The van der Waals surface area contributed by atoms with Crippen molar-refractivity contribution in [3.05, 3.63) is 152 Å². The number of H-pyrrole nitrogens is 4. The Balaban J connectivity index is 0.000000223. The van der Waals surface area contributed by atoms with Gasteiger partial charge in [-0.15, -0.1) is 48.8 Å². The van der Waals surface area contributed by atoms with E-state index in [0.717, 1.165) is 72.8 Å². The summed E-state index contributed by atoms with van der Waals surface area (Å²) >= 11 is 21.5. The molecule has 11 aromatic rings. The second-order valence-electron chi connectivity index (χ2n) is 30.3. The predicted molar refractivity (Wildman–Crippen MR) is 471 cm³/mol. The Labute approximate surface area is 722 Å². The van der Waals surface area contributed by atoms with E-state index in [1.54, 1.807) is 54.6 Å². The number of sulfone groups is 1. The molecular formula is C82H117Cl4N19O11S3. The molecule has 0 radical (unpaired) electrons. The molecular weight excluding hydrogens is 1670 g/mol. The molecule has 9 heterocycles. The van der Waals surface area contributed by atoms with Gasteiger partial charge < -0.3 is 34.3 Å². The summed E-state index contributed by atoms with van der Waals surface area (Å²) in [7, 11) is -2.95. The molecule has 0 spiro atoms. The third-order valence-corrected chi connectivity index (χ3v) is 24.8. The molecule has 119 heavy (non-hydrogen) atoms. The molecule has 1 saturated heterocycles. The molecule has 37 heteroatoms. The summed E-state index contributed by atoms with van der Waals surface area (Å²) in [5, 5.41) is 58.7. The monoisotopic (exact) mass is 1780 g/mol. The number of carbonyl (C=O) groups is 2. The number of nitrogens with one attached hydrogen (secondary N) is 6. The zero-order chi connectivity index (χ0) is 86.3. The van der Waals surface area contributed by atoms with Crippen molar-refractivity contribution in [1.29, 1.82) is 0 Å². The molecule has 5 unspecified atom stereocenters. The van der Waals surface area contributed by atoms with Gasteiger partial charge in [-0.05, 0) is 140 Å². The fraction of sp³-hybridized carbons (Fsp3) is 0.537. The molecule has 652 valence electrons. The van der Waals surface area contributed by atoms with Crippen LogP contribution in [0.3, 0.4) is 0 Å². The van der Waals surface area contributed by atoms with Gasteiger partial charge in [0.2, 0.25) is 11.1 Å². The summed E-state index contributed by atoms with van der Waals surface area (Å²) in [5.41, 5.74) is 6.13. The van der Waals surface area contributed by atoms with Crippen molar-refractivity contribution < 1.29 is 49.4 Å². The van der Waals surface area contributed by atoms with Crippen LogP contribution in [0.2, 0.25) is 20.1 Å². The zero-order valence-corrected chi connectivity index (χ0v) is 75.6. The number of fused-ring (bicyclic) bond motifs is 4. The smallest absolute Gasteiger partial charge is 0.261 e. The number of anilines is 1. The number of rotatable bonds is 41. The van der Waals surface area contributed by atoms with Crippen molar-refractivity contribution in [3.8, 4) is 23.0 Å². The molecule has 1 aliphatic rings. The Morgan fingerprint density at radius 1 is 0.580 bits per heavy atom. The highest BCUT2D eigenvalue weighted by Gasteiger charge is 2.32. The Hall–Kier alpha value is -8.57. The van der Waals surface area contributed by atoms with Gasteiger partial charge in [0.15, 0.2) is 73.2 Å². The van der Waals surface area contributed by atoms with E-state index < -0.39 is 49.6 Å². The Bertz CT molecular complexity index is 5120. The number of aromatic hydroxyl groups is 1. The number of aromatic amines is 4. The lowest BCUT2D eigenvalue weighted by Gasteiger charge is -2.29. The third kappa shape index (κ3) is 28.8. The number of carbonyl (C=O) groups excluding carboxylic acids is 2. The second-order valence-corrected chi connectivity index (χ2v) is 36.2. The molecule has 30 nitrogen and oxygen atoms in total. The first-order chi connectivity index (χ1) is 57.0. The van der Waals surface area contributed by atoms with Crippen LogP contribution in [0.1, 0.15) is 222 Å². The highest BCUT2D eigenvalue weighted by atomic mass is 35.5. The van der Waals surface area contributed by atoms with Crippen LogP contribution in [0.4, 0.5) is 5.69 Å². The number of aryl methyl sites for hydroxylation is 5. The molecule has 1 fully saturated rings. The van der Waals surface area contributed by atoms with E-state index in [4.69, 9.17) is 64.2 Å². The number of hydrogen-bond acceptors (Lipinski definition) is 20. The number of halogens is 4. The Morgan fingerprint density at radius 2 is 1.03 bits per heavy atom. The van der Waals surface area contributed by atoms with Crippen LogP contribution in [0.5, 0.6) is 23.0 Å². The lowest BCUT2D eigenvalue weighted by Crippen LogP contribution is -2.44. The zero-order valence-electron chi connectivity index (χ0n) is 70.2. The van der Waals surface area contributed by atoms with Gasteiger partial charge in [0.1, 0.15) is 55.5 Å². The van der Waals surface area contributed by atoms with Crippen LogP contribution in [0.15, 0.2) is 90.8 Å². The van der Waals surface area contributed by atoms with Crippen molar-refractivity contribution >= 4 is 118 Å². The van der Waals surface area contributed by atoms with Gasteiger partial charge in [-0.1, -0.05) is 190 Å². The topological polar surface area (TPSA) is 371 Å². The minimum atomic E-state index is -2.95. The molecule has 8 aromatic heterocycles. The first kappa shape index (κ1) is 95.9. The number of aromatic nitrogens is 16. The number of unbranched alkanes of at least 4 members (excludes halogenated alkanes) is 18. The fourth-order valence-corrected chi connectivity index (χ4v) is 16.1. The number of benzene rings is 3. The van der Waals surface area contributed by atoms with Gasteiger partial charge in [0, 0.05) is 49.5 Å². The summed E-state index contributed by atoms with van der Waals surface area (Å²) in [4.78, 5) is 34.1. The SMILES string of the molecule is C=C.CCCCCCCCCCCCC(Oc1ccc(N2CCS(=O)(=O)CC2)cc1)C(=O)NCC(C)(C)c1nnc2c(Cl)c(C)[nH]n12.CCCCCCCCCCCCC(Oc1ccc(OS(=O)c2ccc(O)cc2)cc1)C(=O)NC(C)Cc1nc2c(Cl)c(C)[nH]n2n1.Cc1[nH]n2c(C)nnc2c1Cl.Cc1[nH]n2c(COS(C)=O)nnc2c1Cl. The van der Waals surface area contributed by atoms with Crippen molar-refractivity contribution in [3.63, 3.8) is 0 Å². The molecule has 5 atom stereocenters. The van der Waals surface area contributed by atoms with Crippen LogP contribution in [-0.2, 0) is 64.2 Å². The van der Waals surface area contributed by atoms with Crippen molar-refractivity contribution in [1.82, 2.24) is 89.9 Å². The fourth-order valence-electron chi connectivity index (χ4n) is 13.2. The second kappa shape index (κ2) is 47.6. The molecule has 3 aromatic carbocycles. The maximum atomic E-state index is 13.6. The van der Waals surface area contributed by atoms with Gasteiger partial charge in [0.05, 0.1) is 39.2 Å². The van der Waals surface area contributed by atoms with Gasteiger partial charge in [-0.25, -0.2) is 35.4 Å². The van der Waals surface area contributed by atoms with Gasteiger partial charge >= 0.3 is 0 Å².